The maximum Gasteiger partial charge on any atom is 0.254 e. The summed E-state index contributed by atoms with van der Waals surface area (Å²) in [6.07, 6.45) is 2.92. The Labute approximate surface area is 422 Å². The number of hydrogen-bond donors (Lipinski definition) is 2. The van der Waals surface area contributed by atoms with Gasteiger partial charge in [0.15, 0.2) is 5.82 Å². The Bertz CT molecular complexity index is 2690. The number of nitrogens with zero attached hydrogens (tertiary/aromatic N) is 8. The molecule has 70 heavy (non-hydrogen) atoms. The van der Waals surface area contributed by atoms with Gasteiger partial charge in [0.25, 0.3) is 5.91 Å². The molecule has 2 aromatic carbocycles. The number of likely N-dealkylation sites (N-methyl/N-ethyl adjacent to an activating group) is 1. The van der Waals surface area contributed by atoms with Gasteiger partial charge in [0.1, 0.15) is 34.8 Å². The third-order valence-electron chi connectivity index (χ3n) is 12.7. The van der Waals surface area contributed by atoms with Gasteiger partial charge in [-0.3, -0.25) is 19.1 Å². The van der Waals surface area contributed by atoms with E-state index in [0.717, 1.165) is 33.2 Å². The minimum Gasteiger partial charge on any atom is -0.489 e. The SMILES string of the molecule is Cc1sc2c(c1C)C(c1ccc(Cl)cc1)=N[C@@H](CC(=O)NCCOCCOCCOCCOCCN(C)c1ncc(C(=O)NC3C(C)(C)C(Oc4ccc(C#N)c(Cl)c4)C3(C)C)cn1)c1nnc(C)n1-2. The molecule has 20 heteroatoms. The quantitative estimate of drug-likeness (QED) is 0.0613. The number of ether oxygens (including phenoxy) is 5. The van der Waals surface area contributed by atoms with Crippen molar-refractivity contribution >= 4 is 58.0 Å². The van der Waals surface area contributed by atoms with Gasteiger partial charge in [-0.2, -0.15) is 5.26 Å². The van der Waals surface area contributed by atoms with Crippen LogP contribution in [0.15, 0.2) is 59.9 Å². The molecule has 3 aromatic heterocycles. The highest BCUT2D eigenvalue weighted by Gasteiger charge is 2.64. The molecule has 17 nitrogen and oxygen atoms in total. The number of fused-ring (bicyclic) bond motifs is 3. The van der Waals surface area contributed by atoms with Gasteiger partial charge in [-0.25, -0.2) is 9.97 Å². The average Bonchev–Trinajstić information content (AvgIpc) is 3.82. The number of carbonyl (C=O) groups excluding carboxylic acids is 2. The number of carbonyl (C=O) groups is 2. The van der Waals surface area contributed by atoms with Crippen LogP contribution in [0.2, 0.25) is 10.0 Å². The molecule has 1 atom stereocenters. The molecular formula is C50H60Cl2N10O7S. The second-order valence-electron chi connectivity index (χ2n) is 18.4. The molecule has 7 rings (SSSR count). The zero-order valence-corrected chi connectivity index (χ0v) is 43.1. The van der Waals surface area contributed by atoms with E-state index in [1.807, 2.05) is 47.7 Å². The van der Waals surface area contributed by atoms with Crippen molar-refractivity contribution in [2.24, 2.45) is 15.8 Å². The number of halogens is 2. The monoisotopic (exact) mass is 1010 g/mol. The molecule has 372 valence electrons. The molecule has 4 heterocycles. The van der Waals surface area contributed by atoms with E-state index in [2.05, 4.69) is 78.4 Å². The molecule has 0 spiro atoms. The van der Waals surface area contributed by atoms with E-state index in [-0.39, 0.29) is 30.4 Å². The molecule has 2 N–H and O–H groups in total. The minimum absolute atomic E-state index is 0.0966. The van der Waals surface area contributed by atoms with Crippen LogP contribution < -0.4 is 20.3 Å². The summed E-state index contributed by atoms with van der Waals surface area (Å²) in [5.74, 6) is 1.97. The van der Waals surface area contributed by atoms with E-state index in [9.17, 15) is 14.9 Å². The third-order valence-corrected chi connectivity index (χ3v) is 14.4. The van der Waals surface area contributed by atoms with Crippen LogP contribution in [0.25, 0.3) is 5.00 Å². The van der Waals surface area contributed by atoms with Crippen LogP contribution >= 0.6 is 34.5 Å². The number of rotatable bonds is 23. The zero-order valence-electron chi connectivity index (χ0n) is 40.8. The van der Waals surface area contributed by atoms with Crippen molar-refractivity contribution in [1.82, 2.24) is 35.4 Å². The molecule has 0 unspecified atom stereocenters. The first kappa shape index (κ1) is 52.3. The lowest BCUT2D eigenvalue weighted by Crippen LogP contribution is -2.74. The highest BCUT2D eigenvalue weighted by molar-refractivity contribution is 7.15. The molecular weight excluding hydrogens is 956 g/mol. The van der Waals surface area contributed by atoms with Crippen LogP contribution in [0.3, 0.4) is 0 Å². The Balaban J connectivity index is 0.726. The fraction of sp³-hybridized carbons (Fsp3) is 0.480. The van der Waals surface area contributed by atoms with E-state index < -0.39 is 16.9 Å². The summed E-state index contributed by atoms with van der Waals surface area (Å²) in [5, 5.41) is 26.1. The van der Waals surface area contributed by atoms with E-state index in [0.29, 0.717) is 105 Å². The van der Waals surface area contributed by atoms with Crippen molar-refractivity contribution < 1.29 is 33.3 Å². The smallest absolute Gasteiger partial charge is 0.254 e. The topological polar surface area (TPSA) is 200 Å². The molecule has 2 aliphatic rings. The first-order valence-electron chi connectivity index (χ1n) is 23.2. The molecule has 0 bridgehead atoms. The number of aromatic nitrogens is 5. The lowest BCUT2D eigenvalue weighted by molar-refractivity contribution is -0.164. The number of thiophene rings is 1. The summed E-state index contributed by atoms with van der Waals surface area (Å²) in [6.45, 7) is 18.4. The van der Waals surface area contributed by atoms with E-state index in [1.165, 1.54) is 17.3 Å². The van der Waals surface area contributed by atoms with Crippen molar-refractivity contribution in [2.75, 3.05) is 77.9 Å². The molecule has 5 aromatic rings. The highest BCUT2D eigenvalue weighted by Crippen LogP contribution is 2.55. The Morgan fingerprint density at radius 1 is 0.871 bits per heavy atom. The van der Waals surface area contributed by atoms with Gasteiger partial charge in [0, 0.05) is 76.5 Å². The summed E-state index contributed by atoms with van der Waals surface area (Å²) in [6, 6.07) is 13.9. The molecule has 2 amide bonds. The Hall–Kier alpha value is -5.52. The van der Waals surface area contributed by atoms with Crippen molar-refractivity contribution in [1.29, 1.82) is 5.26 Å². The fourth-order valence-electron chi connectivity index (χ4n) is 9.15. The first-order valence-corrected chi connectivity index (χ1v) is 24.7. The lowest BCUT2D eigenvalue weighted by Gasteiger charge is -2.63. The molecule has 1 aliphatic heterocycles. The van der Waals surface area contributed by atoms with Gasteiger partial charge in [-0.15, -0.1) is 21.5 Å². The van der Waals surface area contributed by atoms with Crippen LogP contribution in [0.1, 0.15) is 89.3 Å². The molecule has 1 aliphatic carbocycles. The molecule has 0 radical (unpaired) electrons. The number of nitrogens with one attached hydrogen (secondary N) is 2. The average molecular weight is 1020 g/mol. The summed E-state index contributed by atoms with van der Waals surface area (Å²) in [5.41, 5.74) is 3.79. The lowest BCUT2D eigenvalue weighted by atomic mass is 9.49. The van der Waals surface area contributed by atoms with Crippen molar-refractivity contribution in [3.05, 3.63) is 109 Å². The van der Waals surface area contributed by atoms with Crippen molar-refractivity contribution in [3.63, 3.8) is 0 Å². The maximum atomic E-state index is 13.3. The molecule has 0 saturated heterocycles. The van der Waals surface area contributed by atoms with Crippen LogP contribution in [0.4, 0.5) is 5.95 Å². The van der Waals surface area contributed by atoms with E-state index in [4.69, 9.17) is 51.9 Å². The fourth-order valence-corrected chi connectivity index (χ4v) is 10.7. The predicted molar refractivity (Wildman–Crippen MR) is 269 cm³/mol. The van der Waals surface area contributed by atoms with Crippen molar-refractivity contribution in [2.45, 2.75) is 73.1 Å². The Morgan fingerprint density at radius 3 is 2.13 bits per heavy atom. The number of benzene rings is 2. The highest BCUT2D eigenvalue weighted by atomic mass is 35.5. The summed E-state index contributed by atoms with van der Waals surface area (Å²) in [7, 11) is 1.86. The minimum atomic E-state index is -0.550. The number of anilines is 1. The van der Waals surface area contributed by atoms with E-state index >= 15 is 0 Å². The van der Waals surface area contributed by atoms with Gasteiger partial charge in [0.2, 0.25) is 11.9 Å². The van der Waals surface area contributed by atoms with Gasteiger partial charge < -0.3 is 39.2 Å². The van der Waals surface area contributed by atoms with Crippen LogP contribution in [-0.4, -0.2) is 127 Å². The second kappa shape index (κ2) is 23.1. The second-order valence-corrected chi connectivity index (χ2v) is 20.4. The van der Waals surface area contributed by atoms with E-state index in [1.54, 1.807) is 29.5 Å². The molecule has 1 fully saturated rings. The van der Waals surface area contributed by atoms with Gasteiger partial charge in [-0.1, -0.05) is 63.0 Å². The van der Waals surface area contributed by atoms with Gasteiger partial charge in [0.05, 0.1) is 81.1 Å². The number of amides is 2. The Morgan fingerprint density at radius 2 is 1.50 bits per heavy atom. The first-order chi connectivity index (χ1) is 33.5. The number of hydrogen-bond acceptors (Lipinski definition) is 15. The van der Waals surface area contributed by atoms with Gasteiger partial charge in [-0.05, 0) is 50.6 Å². The summed E-state index contributed by atoms with van der Waals surface area (Å²) >= 11 is 14.1. The van der Waals surface area contributed by atoms with Crippen molar-refractivity contribution in [3.8, 4) is 16.8 Å². The third kappa shape index (κ3) is 12.0. The standard InChI is InChI=1S/C50H60Cl2N10O7S/c1-30-31(2)70-45-41(30)42(33-9-12-36(51)13-10-33)57-39(43-60-59-32(3)62(43)45)26-40(63)54-15-17-65-19-21-67-23-24-68-22-20-66-18-16-61(8)48-55-28-35(29-56-48)44(64)58-46-49(4,5)47(50(46,6)7)69-37-14-11-34(27-53)38(52)25-37/h9-14,25,28-29,39,46-47H,15-24,26H2,1-8H3,(H,54,63)(H,58,64)/t39-,46?,47?/m0/s1. The predicted octanol–water partition coefficient (Wildman–Crippen LogP) is 7.44. The zero-order chi connectivity index (χ0) is 50.2. The number of aliphatic imine (C=N–C) groups is 1. The van der Waals surface area contributed by atoms with Gasteiger partial charge >= 0.3 is 0 Å². The maximum absolute atomic E-state index is 13.3. The number of nitriles is 1. The van der Waals surface area contributed by atoms with Crippen LogP contribution in [0, 0.1) is 42.9 Å². The molecule has 1 saturated carbocycles. The number of aryl methyl sites for hydroxylation is 2. The normalized spacial score (nSPS) is 17.6. The van der Waals surface area contributed by atoms with Crippen LogP contribution in [0.5, 0.6) is 5.75 Å². The largest absolute Gasteiger partial charge is 0.489 e. The summed E-state index contributed by atoms with van der Waals surface area (Å²) < 4.78 is 31.1. The summed E-state index contributed by atoms with van der Waals surface area (Å²) in [4.78, 5) is 43.6. The Kier molecular flexibility index (Phi) is 17.3. The van der Waals surface area contributed by atoms with Crippen LogP contribution in [-0.2, 0) is 23.7 Å².